The fourth-order valence-corrected chi connectivity index (χ4v) is 4.11. The van der Waals surface area contributed by atoms with Crippen molar-refractivity contribution in [1.29, 1.82) is 0 Å². The van der Waals surface area contributed by atoms with Crippen LogP contribution >= 0.6 is 23.2 Å². The molecule has 0 spiro atoms. The average molecular weight is 433 g/mol. The lowest BCUT2D eigenvalue weighted by molar-refractivity contribution is -0.136. The monoisotopic (exact) mass is 432 g/mol. The Hall–Kier alpha value is -2.50. The zero-order valence-corrected chi connectivity index (χ0v) is 18.5. The van der Waals surface area contributed by atoms with Crippen LogP contribution < -0.4 is 0 Å². The number of ether oxygens (including phenoxy) is 1. The van der Waals surface area contributed by atoms with Crippen LogP contribution in [0.25, 0.3) is 11.8 Å². The number of rotatable bonds is 4. The second-order valence-electron chi connectivity index (χ2n) is 6.79. The minimum absolute atomic E-state index is 0.212. The number of methoxy groups -OCH3 is 1. The summed E-state index contributed by atoms with van der Waals surface area (Å²) in [6, 6.07) is 7.40. The highest BCUT2D eigenvalue weighted by molar-refractivity contribution is 6.43. The Morgan fingerprint density at radius 2 is 1.90 bits per heavy atom. The number of hydrogen-bond acceptors (Lipinski definition) is 3. The number of aryl methyl sites for hydroxylation is 1. The standard InChI is InChI=1S/C22H22Cl2N2O3/c1-6-25-14(4)19(22(28)29-5)16(21(25)27)11-15-10-12(2)26(13(15)3)18-9-7-8-17(23)20(18)24/h7-11H,6H2,1-5H3/b16-11-. The summed E-state index contributed by atoms with van der Waals surface area (Å²) in [6.07, 6.45) is 1.74. The van der Waals surface area contributed by atoms with Gasteiger partial charge >= 0.3 is 5.97 Å². The number of allylic oxidation sites excluding steroid dienone is 1. The number of carbonyl (C=O) groups excluding carboxylic acids is 2. The van der Waals surface area contributed by atoms with Crippen molar-refractivity contribution in [3.63, 3.8) is 0 Å². The summed E-state index contributed by atoms with van der Waals surface area (Å²) in [5, 5.41) is 0.919. The van der Waals surface area contributed by atoms with Gasteiger partial charge in [0.2, 0.25) is 0 Å². The second-order valence-corrected chi connectivity index (χ2v) is 7.58. The topological polar surface area (TPSA) is 51.5 Å². The van der Waals surface area contributed by atoms with Crippen LogP contribution in [0.3, 0.4) is 0 Å². The normalized spacial score (nSPS) is 15.6. The lowest BCUT2D eigenvalue weighted by Crippen LogP contribution is -2.24. The first-order chi connectivity index (χ1) is 13.7. The van der Waals surface area contributed by atoms with Crippen LogP contribution in [-0.4, -0.2) is 35.0 Å². The van der Waals surface area contributed by atoms with E-state index in [1.54, 1.807) is 24.0 Å². The van der Waals surface area contributed by atoms with E-state index in [0.29, 0.717) is 33.4 Å². The SMILES string of the molecule is CCN1C(=O)/C(=C\c2cc(C)n(-c3cccc(Cl)c3Cl)c2C)C(C(=O)OC)=C1C. The molecule has 0 atom stereocenters. The van der Waals surface area contributed by atoms with Gasteiger partial charge in [-0.3, -0.25) is 4.79 Å². The van der Waals surface area contributed by atoms with Crippen LogP contribution in [0.5, 0.6) is 0 Å². The number of amides is 1. The van der Waals surface area contributed by atoms with E-state index in [1.165, 1.54) is 7.11 Å². The van der Waals surface area contributed by atoms with Gasteiger partial charge < -0.3 is 14.2 Å². The molecular weight excluding hydrogens is 411 g/mol. The highest BCUT2D eigenvalue weighted by Gasteiger charge is 2.36. The Morgan fingerprint density at radius 3 is 2.52 bits per heavy atom. The molecule has 29 heavy (non-hydrogen) atoms. The van der Waals surface area contributed by atoms with E-state index in [-0.39, 0.29) is 5.91 Å². The third kappa shape index (κ3) is 3.49. The molecule has 5 nitrogen and oxygen atoms in total. The maximum Gasteiger partial charge on any atom is 0.340 e. The number of halogens is 2. The van der Waals surface area contributed by atoms with E-state index in [2.05, 4.69) is 0 Å². The van der Waals surface area contributed by atoms with Crippen LogP contribution in [0, 0.1) is 13.8 Å². The third-order valence-corrected chi connectivity index (χ3v) is 5.97. The first kappa shape index (κ1) is 21.2. The lowest BCUT2D eigenvalue weighted by Gasteiger charge is -2.14. The molecule has 1 aliphatic heterocycles. The maximum absolute atomic E-state index is 12.9. The number of aromatic nitrogens is 1. The van der Waals surface area contributed by atoms with Gasteiger partial charge in [0.25, 0.3) is 5.91 Å². The molecular formula is C22H22Cl2N2O3. The quantitative estimate of drug-likeness (QED) is 0.499. The second kappa shape index (κ2) is 8.09. The number of benzene rings is 1. The molecule has 7 heteroatoms. The fourth-order valence-electron chi connectivity index (χ4n) is 3.73. The van der Waals surface area contributed by atoms with Crippen molar-refractivity contribution in [3.05, 3.63) is 68.1 Å². The van der Waals surface area contributed by atoms with Crippen LogP contribution in [0.15, 0.2) is 41.1 Å². The molecule has 0 unspecified atom stereocenters. The summed E-state index contributed by atoms with van der Waals surface area (Å²) in [5.74, 6) is -0.735. The first-order valence-corrected chi connectivity index (χ1v) is 9.94. The van der Waals surface area contributed by atoms with Crippen LogP contribution in [0.4, 0.5) is 0 Å². The van der Waals surface area contributed by atoms with Crippen molar-refractivity contribution >= 4 is 41.2 Å². The molecule has 0 radical (unpaired) electrons. The van der Waals surface area contributed by atoms with Gasteiger partial charge in [-0.15, -0.1) is 0 Å². The van der Waals surface area contributed by atoms with Gasteiger partial charge in [0.05, 0.1) is 34.0 Å². The van der Waals surface area contributed by atoms with Gasteiger partial charge in [-0.2, -0.15) is 0 Å². The summed E-state index contributed by atoms with van der Waals surface area (Å²) >= 11 is 12.6. The highest BCUT2D eigenvalue weighted by atomic mass is 35.5. The summed E-state index contributed by atoms with van der Waals surface area (Å²) in [6.45, 7) is 7.97. The largest absolute Gasteiger partial charge is 0.465 e. The summed E-state index contributed by atoms with van der Waals surface area (Å²) in [7, 11) is 1.31. The van der Waals surface area contributed by atoms with Crippen molar-refractivity contribution in [2.24, 2.45) is 0 Å². The van der Waals surface area contributed by atoms with E-state index < -0.39 is 5.97 Å². The van der Waals surface area contributed by atoms with Crippen molar-refractivity contribution in [3.8, 4) is 5.69 Å². The Kier molecular flexibility index (Phi) is 5.92. The highest BCUT2D eigenvalue weighted by Crippen LogP contribution is 2.35. The predicted molar refractivity (Wildman–Crippen MR) is 115 cm³/mol. The summed E-state index contributed by atoms with van der Waals surface area (Å²) in [5.41, 5.74) is 4.60. The van der Waals surface area contributed by atoms with Crippen molar-refractivity contribution in [2.45, 2.75) is 27.7 Å². The van der Waals surface area contributed by atoms with Crippen LogP contribution in [-0.2, 0) is 14.3 Å². The summed E-state index contributed by atoms with van der Waals surface area (Å²) < 4.78 is 6.90. The van der Waals surface area contributed by atoms with Gasteiger partial charge in [-0.05, 0) is 57.5 Å². The van der Waals surface area contributed by atoms with Crippen molar-refractivity contribution < 1.29 is 14.3 Å². The maximum atomic E-state index is 12.9. The number of carbonyl (C=O) groups is 2. The Balaban J connectivity index is 2.18. The van der Waals surface area contributed by atoms with Gasteiger partial charge in [0.1, 0.15) is 0 Å². The number of esters is 1. The fraction of sp³-hybridized carbons (Fsp3) is 0.273. The minimum atomic E-state index is -0.523. The Bertz CT molecular complexity index is 1080. The molecule has 0 aliphatic carbocycles. The van der Waals surface area contributed by atoms with Crippen LogP contribution in [0.2, 0.25) is 10.0 Å². The molecule has 2 heterocycles. The van der Waals surface area contributed by atoms with E-state index in [4.69, 9.17) is 27.9 Å². The zero-order chi connectivity index (χ0) is 21.5. The van der Waals surface area contributed by atoms with Gasteiger partial charge in [-0.1, -0.05) is 29.3 Å². The van der Waals surface area contributed by atoms with Crippen molar-refractivity contribution in [2.75, 3.05) is 13.7 Å². The van der Waals surface area contributed by atoms with Crippen LogP contribution in [0.1, 0.15) is 30.8 Å². The third-order valence-electron chi connectivity index (χ3n) is 5.16. The Morgan fingerprint density at radius 1 is 1.21 bits per heavy atom. The molecule has 2 aromatic rings. The van der Waals surface area contributed by atoms with E-state index in [9.17, 15) is 9.59 Å². The predicted octanol–water partition coefficient (Wildman–Crippen LogP) is 5.09. The molecule has 3 rings (SSSR count). The van der Waals surface area contributed by atoms with E-state index in [0.717, 1.165) is 22.6 Å². The lowest BCUT2D eigenvalue weighted by atomic mass is 10.0. The van der Waals surface area contributed by atoms with Gasteiger partial charge in [0.15, 0.2) is 0 Å². The zero-order valence-electron chi connectivity index (χ0n) is 17.0. The molecule has 1 aromatic carbocycles. The number of hydrogen-bond donors (Lipinski definition) is 0. The molecule has 0 saturated carbocycles. The summed E-state index contributed by atoms with van der Waals surface area (Å²) in [4.78, 5) is 26.8. The Labute approximate surface area is 180 Å². The molecule has 0 N–H and O–H groups in total. The molecule has 1 aliphatic rings. The molecule has 1 aromatic heterocycles. The van der Waals surface area contributed by atoms with Gasteiger partial charge in [0, 0.05) is 23.6 Å². The van der Waals surface area contributed by atoms with Crippen molar-refractivity contribution in [1.82, 2.24) is 9.47 Å². The average Bonchev–Trinajstić information content (AvgIpc) is 3.09. The molecule has 1 amide bonds. The number of likely N-dealkylation sites (N-methyl/N-ethyl adjacent to an activating group) is 1. The first-order valence-electron chi connectivity index (χ1n) is 9.19. The molecule has 0 fully saturated rings. The van der Waals surface area contributed by atoms with E-state index in [1.807, 2.05) is 43.5 Å². The van der Waals surface area contributed by atoms with Gasteiger partial charge in [-0.25, -0.2) is 4.79 Å². The number of nitrogens with zero attached hydrogens (tertiary/aromatic N) is 2. The molecule has 0 saturated heterocycles. The van der Waals surface area contributed by atoms with E-state index >= 15 is 0 Å². The minimum Gasteiger partial charge on any atom is -0.465 e. The smallest absolute Gasteiger partial charge is 0.340 e. The molecule has 152 valence electrons. The molecule has 0 bridgehead atoms.